The number of cyclic esters (lactones) is 1. The topological polar surface area (TPSA) is 112 Å². The number of esters is 1. The van der Waals surface area contributed by atoms with Crippen LogP contribution in [0.4, 0.5) is 14.5 Å². The molecule has 1 fully saturated rings. The van der Waals surface area contributed by atoms with E-state index in [0.29, 0.717) is 73.1 Å². The van der Waals surface area contributed by atoms with Gasteiger partial charge in [-0.1, -0.05) is 6.92 Å². The molecule has 0 saturated carbocycles. The Kier molecular flexibility index (Phi) is 6.37. The van der Waals surface area contributed by atoms with Gasteiger partial charge in [0.1, 0.15) is 23.9 Å². The second-order valence-electron chi connectivity index (χ2n) is 11.8. The van der Waals surface area contributed by atoms with Crippen molar-refractivity contribution in [3.8, 4) is 22.9 Å². The molecule has 45 heavy (non-hydrogen) atoms. The van der Waals surface area contributed by atoms with Crippen LogP contribution in [-0.2, 0) is 45.9 Å². The molecule has 0 amide bonds. The van der Waals surface area contributed by atoms with Crippen molar-refractivity contribution in [3.05, 3.63) is 80.1 Å². The summed E-state index contributed by atoms with van der Waals surface area (Å²) in [5.74, 6) is -0.939. The molecule has 4 aliphatic heterocycles. The van der Waals surface area contributed by atoms with Gasteiger partial charge >= 0.3 is 5.97 Å². The van der Waals surface area contributed by atoms with Crippen LogP contribution in [0.15, 0.2) is 35.1 Å². The van der Waals surface area contributed by atoms with Gasteiger partial charge in [-0.15, -0.1) is 0 Å². The summed E-state index contributed by atoms with van der Waals surface area (Å²) in [4.78, 5) is 33.0. The molecule has 1 N–H and O–H groups in total. The molecule has 0 radical (unpaired) electrons. The highest BCUT2D eigenvalue weighted by Gasteiger charge is 2.45. The second-order valence-corrected chi connectivity index (χ2v) is 11.8. The first kappa shape index (κ1) is 28.0. The predicted octanol–water partition coefficient (Wildman–Crippen LogP) is 3.71. The van der Waals surface area contributed by atoms with E-state index in [2.05, 4.69) is 0 Å². The van der Waals surface area contributed by atoms with E-state index < -0.39 is 23.2 Å². The van der Waals surface area contributed by atoms with Crippen LogP contribution in [0.1, 0.15) is 41.2 Å². The highest BCUT2D eigenvalue weighted by Crippen LogP contribution is 2.43. The molecule has 0 aliphatic carbocycles. The number of carbonyl (C=O) groups excluding carboxylic acids is 1. The summed E-state index contributed by atoms with van der Waals surface area (Å²) in [6, 6.07) is 8.04. The van der Waals surface area contributed by atoms with Crippen LogP contribution in [0.5, 0.6) is 11.5 Å². The normalized spacial score (nSPS) is 19.8. The minimum Gasteiger partial charge on any atom is -0.458 e. The van der Waals surface area contributed by atoms with Crippen molar-refractivity contribution < 1.29 is 37.6 Å². The first-order valence-corrected chi connectivity index (χ1v) is 15.0. The number of benzene rings is 2. The molecule has 232 valence electrons. The van der Waals surface area contributed by atoms with Crippen molar-refractivity contribution in [1.82, 2.24) is 9.55 Å². The summed E-state index contributed by atoms with van der Waals surface area (Å²) in [5.41, 5.74) is 1.83. The third kappa shape index (κ3) is 4.22. The lowest BCUT2D eigenvalue weighted by atomic mass is 9.86. The number of nitrogens with zero attached hydrogens (tertiary/aromatic N) is 3. The number of pyridine rings is 2. The summed E-state index contributed by atoms with van der Waals surface area (Å²) in [7, 11) is 0. The number of aromatic nitrogens is 2. The average molecular weight is 618 g/mol. The van der Waals surface area contributed by atoms with Gasteiger partial charge in [0, 0.05) is 35.7 Å². The zero-order chi connectivity index (χ0) is 31.0. The van der Waals surface area contributed by atoms with E-state index in [1.165, 1.54) is 12.1 Å². The monoisotopic (exact) mass is 617 g/mol. The van der Waals surface area contributed by atoms with E-state index in [1.54, 1.807) is 28.5 Å². The van der Waals surface area contributed by atoms with Crippen molar-refractivity contribution in [3.63, 3.8) is 0 Å². The van der Waals surface area contributed by atoms with Gasteiger partial charge < -0.3 is 33.5 Å². The van der Waals surface area contributed by atoms with Gasteiger partial charge in [0.05, 0.1) is 42.2 Å². The number of fused-ring (bicyclic) bond motifs is 6. The standard InChI is InChI=1S/C33H29F2N3O7/c1-2-33(41)22-12-26-29-20(14-38(26)31(39)21(22)15-43-32(33)40)18(19-11-27-28(45-16-44-27)13-25(19)36-29)4-3-17-9-23(34)30(24(35)10-17)37-5-7-42-8-6-37/h9-13,41H,2-8,14-16H2,1H3/t33-/m0/s1. The van der Waals surface area contributed by atoms with Crippen molar-refractivity contribution in [2.24, 2.45) is 0 Å². The fourth-order valence-electron chi connectivity index (χ4n) is 6.96. The fourth-order valence-corrected chi connectivity index (χ4v) is 6.96. The zero-order valence-electron chi connectivity index (χ0n) is 24.5. The average Bonchev–Trinajstić information content (AvgIpc) is 3.65. The largest absolute Gasteiger partial charge is 0.458 e. The number of halogens is 2. The molecule has 10 nitrogen and oxygen atoms in total. The van der Waals surface area contributed by atoms with Crippen molar-refractivity contribution in [1.29, 1.82) is 0 Å². The van der Waals surface area contributed by atoms with E-state index in [1.807, 2.05) is 6.07 Å². The van der Waals surface area contributed by atoms with E-state index in [9.17, 15) is 14.7 Å². The lowest BCUT2D eigenvalue weighted by molar-refractivity contribution is -0.172. The Morgan fingerprint density at radius 3 is 2.42 bits per heavy atom. The maximum absolute atomic E-state index is 15.3. The van der Waals surface area contributed by atoms with Gasteiger partial charge in [-0.2, -0.15) is 0 Å². The lowest BCUT2D eigenvalue weighted by Crippen LogP contribution is -2.44. The highest BCUT2D eigenvalue weighted by molar-refractivity contribution is 5.91. The number of hydrogen-bond acceptors (Lipinski definition) is 9. The summed E-state index contributed by atoms with van der Waals surface area (Å²) < 4.78 is 53.9. The smallest absolute Gasteiger partial charge is 0.343 e. The molecule has 2 aromatic heterocycles. The molecule has 6 heterocycles. The first-order chi connectivity index (χ1) is 21.8. The Morgan fingerprint density at radius 2 is 1.69 bits per heavy atom. The first-order valence-electron chi connectivity index (χ1n) is 15.0. The molecule has 2 aromatic carbocycles. The van der Waals surface area contributed by atoms with Crippen LogP contribution in [0.3, 0.4) is 0 Å². The molecule has 1 atom stereocenters. The third-order valence-corrected chi connectivity index (χ3v) is 9.37. The van der Waals surface area contributed by atoms with Gasteiger partial charge in [0.2, 0.25) is 6.79 Å². The number of hydrogen-bond donors (Lipinski definition) is 1. The molecule has 0 bridgehead atoms. The summed E-state index contributed by atoms with van der Waals surface area (Å²) in [6.07, 6.45) is 0.739. The quantitative estimate of drug-likeness (QED) is 0.295. The molecular weight excluding hydrogens is 588 g/mol. The molecule has 4 aliphatic rings. The Morgan fingerprint density at radius 1 is 0.956 bits per heavy atom. The van der Waals surface area contributed by atoms with Crippen molar-refractivity contribution in [2.45, 2.75) is 44.9 Å². The Hall–Kier alpha value is -4.55. The number of rotatable bonds is 5. The van der Waals surface area contributed by atoms with Crippen molar-refractivity contribution >= 4 is 22.6 Å². The Bertz CT molecular complexity index is 1970. The predicted molar refractivity (Wildman–Crippen MR) is 157 cm³/mol. The summed E-state index contributed by atoms with van der Waals surface area (Å²) in [6.45, 7) is 3.35. The molecule has 0 spiro atoms. The molecule has 0 unspecified atom stereocenters. The SMILES string of the molecule is CC[C@@]1(O)C(=O)OCc2c1cc1n(c2=O)Cc2c-1nc1cc3c(cc1c2CCc1cc(F)c(N2CCOCC2)c(F)c1)OCO3. The van der Waals surface area contributed by atoms with Gasteiger partial charge in [-0.3, -0.25) is 4.79 Å². The van der Waals surface area contributed by atoms with Crippen LogP contribution in [-0.4, -0.2) is 53.7 Å². The molecule has 12 heteroatoms. The third-order valence-electron chi connectivity index (χ3n) is 9.37. The Labute approximate surface area is 255 Å². The number of morpholine rings is 1. The molecule has 1 saturated heterocycles. The lowest BCUT2D eigenvalue weighted by Gasteiger charge is -2.31. The van der Waals surface area contributed by atoms with Crippen LogP contribution >= 0.6 is 0 Å². The van der Waals surface area contributed by atoms with Gasteiger partial charge in [0.15, 0.2) is 17.1 Å². The minimum atomic E-state index is -1.95. The number of aryl methyl sites for hydroxylation is 2. The van der Waals surface area contributed by atoms with Crippen molar-refractivity contribution in [2.75, 3.05) is 38.0 Å². The molecule has 4 aromatic rings. The van der Waals surface area contributed by atoms with Crippen LogP contribution in [0.2, 0.25) is 0 Å². The highest BCUT2D eigenvalue weighted by atomic mass is 19.1. The minimum absolute atomic E-state index is 0.0336. The number of aliphatic hydroxyl groups is 1. The van der Waals surface area contributed by atoms with Crippen LogP contribution in [0, 0.1) is 11.6 Å². The maximum atomic E-state index is 15.3. The maximum Gasteiger partial charge on any atom is 0.343 e. The number of carbonyl (C=O) groups is 1. The van der Waals surface area contributed by atoms with Gasteiger partial charge in [-0.25, -0.2) is 18.6 Å². The van der Waals surface area contributed by atoms with E-state index in [4.69, 9.17) is 23.9 Å². The van der Waals surface area contributed by atoms with Crippen LogP contribution in [0.25, 0.3) is 22.3 Å². The molecular formula is C33H29F2N3O7. The van der Waals surface area contributed by atoms with Gasteiger partial charge in [-0.05, 0) is 54.7 Å². The number of anilines is 1. The Balaban J connectivity index is 1.24. The van der Waals surface area contributed by atoms with E-state index >= 15 is 8.78 Å². The zero-order valence-corrected chi connectivity index (χ0v) is 24.5. The van der Waals surface area contributed by atoms with E-state index in [0.717, 1.165) is 16.5 Å². The fraction of sp³-hybridized carbons (Fsp3) is 0.364. The van der Waals surface area contributed by atoms with Gasteiger partial charge in [0.25, 0.3) is 5.56 Å². The second kappa shape index (κ2) is 10.2. The summed E-state index contributed by atoms with van der Waals surface area (Å²) in [5, 5.41) is 12.0. The van der Waals surface area contributed by atoms with Crippen LogP contribution < -0.4 is 19.9 Å². The van der Waals surface area contributed by atoms with E-state index in [-0.39, 0.29) is 48.7 Å². The number of ether oxygens (including phenoxy) is 4. The summed E-state index contributed by atoms with van der Waals surface area (Å²) >= 11 is 0. The molecule has 8 rings (SSSR count).